The third kappa shape index (κ3) is 37.4. The van der Waals surface area contributed by atoms with Gasteiger partial charge in [-0.3, -0.25) is 14.1 Å². The monoisotopic (exact) mass is 701 g/mol. The maximum Gasteiger partial charge on any atom is 0.469 e. The molecule has 0 aliphatic rings. The summed E-state index contributed by atoms with van der Waals surface area (Å²) in [5.74, 6) is -0.888. The number of carbonyl (C=O) groups excluding carboxylic acids is 2. The molecule has 1 atom stereocenters. The van der Waals surface area contributed by atoms with Gasteiger partial charge in [0.15, 0.2) is 6.10 Å². The van der Waals surface area contributed by atoms with Crippen molar-refractivity contribution in [2.75, 3.05) is 13.2 Å². The lowest BCUT2D eigenvalue weighted by molar-refractivity contribution is -0.161. The first-order valence-electron chi connectivity index (χ1n) is 19.6. The normalized spacial score (nSPS) is 12.7. The molecule has 0 rings (SSSR count). The second-order valence-corrected chi connectivity index (χ2v) is 14.5. The predicted octanol–water partition coefficient (Wildman–Crippen LogP) is 11.6. The first kappa shape index (κ1) is 46.5. The first-order chi connectivity index (χ1) is 23.3. The van der Waals surface area contributed by atoms with E-state index in [9.17, 15) is 14.2 Å². The highest BCUT2D eigenvalue weighted by atomic mass is 31.2. The van der Waals surface area contributed by atoms with Crippen LogP contribution in [0.1, 0.15) is 194 Å². The molecule has 0 radical (unpaired) electrons. The predicted molar refractivity (Wildman–Crippen MR) is 198 cm³/mol. The Morgan fingerprint density at radius 2 is 0.938 bits per heavy atom. The number of ether oxygens (including phenoxy) is 2. The minimum atomic E-state index is -4.75. The van der Waals surface area contributed by atoms with Crippen molar-refractivity contribution in [1.82, 2.24) is 0 Å². The lowest BCUT2D eigenvalue weighted by Crippen LogP contribution is -2.29. The standard InChI is InChI=1S/C39H73O8P/c1-3-5-7-9-11-13-15-17-18-19-20-21-22-24-26-28-30-32-34-39(41)47-37(36-46-48(42,43)44)35-45-38(40)33-31-29-27-25-23-16-14-12-10-8-6-4-2/h13,15,18-19,37H,3-12,14,16-17,20-36H2,1-2H3,(H2,42,43,44)/b15-13-,19-18-. The molecule has 0 aliphatic carbocycles. The third-order valence-corrected chi connectivity index (χ3v) is 8.96. The third-order valence-electron chi connectivity index (χ3n) is 8.47. The van der Waals surface area contributed by atoms with Crippen LogP contribution in [-0.2, 0) is 28.2 Å². The Bertz CT molecular complexity index is 838. The molecule has 0 amide bonds. The van der Waals surface area contributed by atoms with E-state index in [4.69, 9.17) is 19.3 Å². The average Bonchev–Trinajstić information content (AvgIpc) is 3.05. The van der Waals surface area contributed by atoms with E-state index in [-0.39, 0.29) is 19.4 Å². The van der Waals surface area contributed by atoms with Crippen LogP contribution in [0.15, 0.2) is 24.3 Å². The molecule has 8 nitrogen and oxygen atoms in total. The molecular formula is C39H73O8P. The summed E-state index contributed by atoms with van der Waals surface area (Å²) in [6.45, 7) is 3.66. The Balaban J connectivity index is 3.94. The van der Waals surface area contributed by atoms with Crippen LogP contribution >= 0.6 is 7.82 Å². The van der Waals surface area contributed by atoms with Gasteiger partial charge in [0.1, 0.15) is 6.61 Å². The zero-order valence-electron chi connectivity index (χ0n) is 30.9. The van der Waals surface area contributed by atoms with E-state index in [1.54, 1.807) is 0 Å². The second-order valence-electron chi connectivity index (χ2n) is 13.3. The summed E-state index contributed by atoms with van der Waals surface area (Å²) in [5, 5.41) is 0. The summed E-state index contributed by atoms with van der Waals surface area (Å²) in [6, 6.07) is 0. The Labute approximate surface area is 294 Å². The summed E-state index contributed by atoms with van der Waals surface area (Å²) in [6.07, 6.45) is 38.9. The molecule has 2 N–H and O–H groups in total. The van der Waals surface area contributed by atoms with Crippen molar-refractivity contribution in [3.8, 4) is 0 Å². The van der Waals surface area contributed by atoms with Gasteiger partial charge in [-0.2, -0.15) is 0 Å². The molecular weight excluding hydrogens is 627 g/mol. The van der Waals surface area contributed by atoms with Gasteiger partial charge < -0.3 is 19.3 Å². The fourth-order valence-electron chi connectivity index (χ4n) is 5.52. The van der Waals surface area contributed by atoms with Crippen LogP contribution in [0.3, 0.4) is 0 Å². The van der Waals surface area contributed by atoms with Gasteiger partial charge in [-0.15, -0.1) is 0 Å². The highest BCUT2D eigenvalue weighted by Gasteiger charge is 2.22. The number of phosphoric acid groups is 1. The van der Waals surface area contributed by atoms with Crippen LogP contribution < -0.4 is 0 Å². The molecule has 0 fully saturated rings. The van der Waals surface area contributed by atoms with E-state index in [2.05, 4.69) is 42.7 Å². The fraction of sp³-hybridized carbons (Fsp3) is 0.846. The highest BCUT2D eigenvalue weighted by Crippen LogP contribution is 2.36. The molecule has 0 aromatic rings. The number of allylic oxidation sites excluding steroid dienone is 4. The number of unbranched alkanes of at least 4 members (excludes halogenated alkanes) is 22. The van der Waals surface area contributed by atoms with Crippen LogP contribution in [0.5, 0.6) is 0 Å². The SMILES string of the molecule is CCCCCC/C=C\C/C=C\CCCCCCCCCC(=O)OC(COC(=O)CCCCCCCCCCCCCC)COP(=O)(O)O. The maximum absolute atomic E-state index is 12.4. The molecule has 9 heteroatoms. The molecule has 1 unspecified atom stereocenters. The van der Waals surface area contributed by atoms with Gasteiger partial charge in [0.25, 0.3) is 0 Å². The van der Waals surface area contributed by atoms with E-state index in [0.717, 1.165) is 51.4 Å². The van der Waals surface area contributed by atoms with Gasteiger partial charge in [0.05, 0.1) is 6.61 Å². The number of hydrogen-bond acceptors (Lipinski definition) is 6. The smallest absolute Gasteiger partial charge is 0.462 e. The summed E-state index contributed by atoms with van der Waals surface area (Å²) in [7, 11) is -4.75. The molecule has 48 heavy (non-hydrogen) atoms. The molecule has 0 spiro atoms. The zero-order valence-corrected chi connectivity index (χ0v) is 31.8. The zero-order chi connectivity index (χ0) is 35.4. The second kappa shape index (κ2) is 35.4. The van der Waals surface area contributed by atoms with Crippen molar-refractivity contribution in [1.29, 1.82) is 0 Å². The Morgan fingerprint density at radius 3 is 1.40 bits per heavy atom. The Kier molecular flexibility index (Phi) is 34.3. The van der Waals surface area contributed by atoms with E-state index in [1.165, 1.54) is 109 Å². The van der Waals surface area contributed by atoms with Crippen molar-refractivity contribution < 1.29 is 37.9 Å². The van der Waals surface area contributed by atoms with Gasteiger partial charge >= 0.3 is 19.8 Å². The number of rotatable bonds is 36. The molecule has 0 aliphatic heterocycles. The van der Waals surface area contributed by atoms with Crippen molar-refractivity contribution >= 4 is 19.8 Å². The quantitative estimate of drug-likeness (QED) is 0.0287. The lowest BCUT2D eigenvalue weighted by Gasteiger charge is -2.18. The van der Waals surface area contributed by atoms with Crippen LogP contribution in [-0.4, -0.2) is 41.0 Å². The average molecular weight is 701 g/mol. The van der Waals surface area contributed by atoms with Gasteiger partial charge in [-0.25, -0.2) is 4.57 Å². The van der Waals surface area contributed by atoms with Gasteiger partial charge in [-0.05, 0) is 44.9 Å². The van der Waals surface area contributed by atoms with E-state index < -0.39 is 32.5 Å². The number of hydrogen-bond donors (Lipinski definition) is 2. The number of phosphoric ester groups is 1. The molecule has 0 aromatic carbocycles. The fourth-order valence-corrected chi connectivity index (χ4v) is 5.88. The van der Waals surface area contributed by atoms with Crippen molar-refractivity contribution in [3.63, 3.8) is 0 Å². The largest absolute Gasteiger partial charge is 0.469 e. The molecule has 0 saturated carbocycles. The van der Waals surface area contributed by atoms with E-state index in [1.807, 2.05) is 0 Å². The summed E-state index contributed by atoms with van der Waals surface area (Å²) in [5.41, 5.74) is 0. The lowest BCUT2D eigenvalue weighted by atomic mass is 10.0. The summed E-state index contributed by atoms with van der Waals surface area (Å²) in [4.78, 5) is 42.7. The van der Waals surface area contributed by atoms with Crippen molar-refractivity contribution in [2.24, 2.45) is 0 Å². The Morgan fingerprint density at radius 1 is 0.542 bits per heavy atom. The van der Waals surface area contributed by atoms with Crippen LogP contribution in [0.25, 0.3) is 0 Å². The topological polar surface area (TPSA) is 119 Å². The molecule has 0 bridgehead atoms. The van der Waals surface area contributed by atoms with Gasteiger partial charge in [0, 0.05) is 12.8 Å². The van der Waals surface area contributed by atoms with E-state index >= 15 is 0 Å². The first-order valence-corrected chi connectivity index (χ1v) is 21.2. The molecule has 282 valence electrons. The van der Waals surface area contributed by atoms with E-state index in [0.29, 0.717) is 6.42 Å². The van der Waals surface area contributed by atoms with Gasteiger partial charge in [0.2, 0.25) is 0 Å². The minimum Gasteiger partial charge on any atom is -0.462 e. The van der Waals surface area contributed by atoms with Crippen LogP contribution in [0, 0.1) is 0 Å². The number of esters is 2. The number of carbonyl (C=O) groups is 2. The van der Waals surface area contributed by atoms with Crippen LogP contribution in [0.2, 0.25) is 0 Å². The van der Waals surface area contributed by atoms with Gasteiger partial charge in [-0.1, -0.05) is 160 Å². The Hall–Kier alpha value is -1.47. The maximum atomic E-state index is 12.4. The summed E-state index contributed by atoms with van der Waals surface area (Å²) >= 11 is 0. The molecule has 0 saturated heterocycles. The highest BCUT2D eigenvalue weighted by molar-refractivity contribution is 7.46. The van der Waals surface area contributed by atoms with Crippen molar-refractivity contribution in [2.45, 2.75) is 200 Å². The minimum absolute atomic E-state index is 0.206. The summed E-state index contributed by atoms with van der Waals surface area (Å²) < 4.78 is 26.3. The van der Waals surface area contributed by atoms with Crippen molar-refractivity contribution in [3.05, 3.63) is 24.3 Å². The van der Waals surface area contributed by atoms with Crippen LogP contribution in [0.4, 0.5) is 0 Å². The molecule has 0 aromatic heterocycles. The molecule has 0 heterocycles.